The molecule has 1 saturated heterocycles. The van der Waals surface area contributed by atoms with Crippen LogP contribution in [0.5, 0.6) is 0 Å². The van der Waals surface area contributed by atoms with Crippen molar-refractivity contribution in [2.24, 2.45) is 4.99 Å². The number of likely N-dealkylation sites (tertiary alicyclic amines) is 1. The molecule has 1 aliphatic heterocycles. The van der Waals surface area contributed by atoms with E-state index < -0.39 is 0 Å². The third kappa shape index (κ3) is 7.70. The topological polar surface area (TPSA) is 39.7 Å². The van der Waals surface area contributed by atoms with Crippen molar-refractivity contribution in [1.29, 1.82) is 0 Å². The maximum atomic E-state index is 4.85. The van der Waals surface area contributed by atoms with Crippen LogP contribution in [-0.2, 0) is 6.54 Å². The molecular formula is C20H34N4S. The Hall–Kier alpha value is -1.20. The van der Waals surface area contributed by atoms with E-state index in [9.17, 15) is 0 Å². The van der Waals surface area contributed by atoms with E-state index in [2.05, 4.69) is 59.0 Å². The lowest BCUT2D eigenvalue weighted by atomic mass is 10.2. The second-order valence-electron chi connectivity index (χ2n) is 6.60. The van der Waals surface area contributed by atoms with E-state index in [-0.39, 0.29) is 0 Å². The Labute approximate surface area is 157 Å². The normalized spacial score (nSPS) is 18.5. The summed E-state index contributed by atoms with van der Waals surface area (Å²) in [4.78, 5) is 7.44. The van der Waals surface area contributed by atoms with Gasteiger partial charge in [0.15, 0.2) is 5.96 Å². The molecule has 1 aliphatic rings. The number of rotatable bonds is 10. The average Bonchev–Trinajstić information content (AvgIpc) is 3.07. The third-order valence-corrected chi connectivity index (χ3v) is 5.30. The summed E-state index contributed by atoms with van der Waals surface area (Å²) >= 11 is 1.92. The minimum absolute atomic E-state index is 0.562. The molecule has 2 N–H and O–H groups in total. The van der Waals surface area contributed by atoms with Gasteiger partial charge in [0.05, 0.1) is 6.54 Å². The van der Waals surface area contributed by atoms with Gasteiger partial charge >= 0.3 is 0 Å². The zero-order valence-electron chi connectivity index (χ0n) is 15.8. The first kappa shape index (κ1) is 20.1. The van der Waals surface area contributed by atoms with Crippen LogP contribution in [0, 0.1) is 0 Å². The average molecular weight is 363 g/mol. The second kappa shape index (κ2) is 12.2. The monoisotopic (exact) mass is 362 g/mol. The van der Waals surface area contributed by atoms with Crippen LogP contribution in [0.4, 0.5) is 0 Å². The van der Waals surface area contributed by atoms with Gasteiger partial charge in [-0.3, -0.25) is 9.89 Å². The standard InChI is InChI=1S/C20H34N4S/c1-3-21-20(22-13-7-8-15-25-2)23-16-19-12-9-14-24(19)17-18-10-5-4-6-11-18/h4-6,10-11,19H,3,7-9,12-17H2,1-2H3,(H2,21,22,23). The zero-order chi connectivity index (χ0) is 17.7. The Bertz CT molecular complexity index is 492. The van der Waals surface area contributed by atoms with Gasteiger partial charge in [0, 0.05) is 25.7 Å². The first-order valence-corrected chi connectivity index (χ1v) is 11.0. The van der Waals surface area contributed by atoms with Crippen molar-refractivity contribution >= 4 is 17.7 Å². The van der Waals surface area contributed by atoms with Gasteiger partial charge in [-0.15, -0.1) is 0 Å². The van der Waals surface area contributed by atoms with Crippen molar-refractivity contribution in [1.82, 2.24) is 15.5 Å². The lowest BCUT2D eigenvalue weighted by Crippen LogP contribution is -2.39. The van der Waals surface area contributed by atoms with E-state index in [1.54, 1.807) is 0 Å². The van der Waals surface area contributed by atoms with Gasteiger partial charge in [0.2, 0.25) is 0 Å². The molecule has 0 aliphatic carbocycles. The molecule has 0 aromatic heterocycles. The zero-order valence-corrected chi connectivity index (χ0v) is 16.7. The van der Waals surface area contributed by atoms with Crippen LogP contribution in [0.2, 0.25) is 0 Å². The minimum Gasteiger partial charge on any atom is -0.357 e. The summed E-state index contributed by atoms with van der Waals surface area (Å²) in [6.07, 6.45) is 7.17. The Balaban J connectivity index is 1.80. The number of unbranched alkanes of at least 4 members (excludes halogenated alkanes) is 1. The molecule has 0 saturated carbocycles. The van der Waals surface area contributed by atoms with Gasteiger partial charge < -0.3 is 10.6 Å². The number of guanidine groups is 1. The first-order chi connectivity index (χ1) is 12.3. The van der Waals surface area contributed by atoms with Gasteiger partial charge in [0.1, 0.15) is 0 Å². The SMILES string of the molecule is CCNC(=NCC1CCCN1Cc1ccccc1)NCCCCSC. The maximum absolute atomic E-state index is 4.85. The Morgan fingerprint density at radius 1 is 1.24 bits per heavy atom. The first-order valence-electron chi connectivity index (χ1n) is 9.62. The molecule has 2 rings (SSSR count). The smallest absolute Gasteiger partial charge is 0.191 e. The Morgan fingerprint density at radius 3 is 2.84 bits per heavy atom. The van der Waals surface area contributed by atoms with Gasteiger partial charge in [-0.05, 0) is 56.7 Å². The van der Waals surface area contributed by atoms with Gasteiger partial charge in [-0.1, -0.05) is 30.3 Å². The van der Waals surface area contributed by atoms with Crippen molar-refractivity contribution in [3.63, 3.8) is 0 Å². The summed E-state index contributed by atoms with van der Waals surface area (Å²) in [7, 11) is 0. The summed E-state index contributed by atoms with van der Waals surface area (Å²) in [5, 5.41) is 6.86. The number of nitrogens with one attached hydrogen (secondary N) is 2. The van der Waals surface area contributed by atoms with E-state index in [1.807, 2.05) is 11.8 Å². The van der Waals surface area contributed by atoms with Crippen LogP contribution in [0.25, 0.3) is 0 Å². The Morgan fingerprint density at radius 2 is 2.08 bits per heavy atom. The molecule has 0 spiro atoms. The predicted octanol–water partition coefficient (Wildman–Crippen LogP) is 3.35. The predicted molar refractivity (Wildman–Crippen MR) is 111 cm³/mol. The van der Waals surface area contributed by atoms with Gasteiger partial charge in [-0.25, -0.2) is 0 Å². The molecule has 1 heterocycles. The molecule has 140 valence electrons. The highest BCUT2D eigenvalue weighted by molar-refractivity contribution is 7.98. The van der Waals surface area contributed by atoms with E-state index in [4.69, 9.17) is 4.99 Å². The van der Waals surface area contributed by atoms with E-state index >= 15 is 0 Å². The molecule has 0 amide bonds. The number of hydrogen-bond donors (Lipinski definition) is 2. The fourth-order valence-corrected chi connectivity index (χ4v) is 3.74. The molecule has 1 unspecified atom stereocenters. The summed E-state index contributed by atoms with van der Waals surface area (Å²) < 4.78 is 0. The van der Waals surface area contributed by atoms with Crippen LogP contribution in [-0.4, -0.2) is 55.1 Å². The fourth-order valence-electron chi connectivity index (χ4n) is 3.24. The second-order valence-corrected chi connectivity index (χ2v) is 7.58. The molecular weight excluding hydrogens is 328 g/mol. The van der Waals surface area contributed by atoms with Crippen molar-refractivity contribution in [2.75, 3.05) is 38.2 Å². The van der Waals surface area contributed by atoms with Crippen LogP contribution in [0.3, 0.4) is 0 Å². The molecule has 4 nitrogen and oxygen atoms in total. The maximum Gasteiger partial charge on any atom is 0.191 e. The molecule has 1 fully saturated rings. The fraction of sp³-hybridized carbons (Fsp3) is 0.650. The summed E-state index contributed by atoms with van der Waals surface area (Å²) in [5.74, 6) is 2.21. The number of hydrogen-bond acceptors (Lipinski definition) is 3. The number of aliphatic imine (C=N–C) groups is 1. The lowest BCUT2D eigenvalue weighted by molar-refractivity contribution is 0.250. The number of nitrogens with zero attached hydrogens (tertiary/aromatic N) is 2. The molecule has 25 heavy (non-hydrogen) atoms. The molecule has 5 heteroatoms. The van der Waals surface area contributed by atoms with Crippen LogP contribution in [0.15, 0.2) is 35.3 Å². The summed E-state index contributed by atoms with van der Waals surface area (Å²) in [5.41, 5.74) is 1.40. The lowest BCUT2D eigenvalue weighted by Gasteiger charge is -2.23. The van der Waals surface area contributed by atoms with E-state index in [1.165, 1.54) is 43.5 Å². The van der Waals surface area contributed by atoms with E-state index in [0.717, 1.165) is 32.1 Å². The highest BCUT2D eigenvalue weighted by atomic mass is 32.2. The van der Waals surface area contributed by atoms with Crippen molar-refractivity contribution in [2.45, 2.75) is 45.2 Å². The van der Waals surface area contributed by atoms with E-state index in [0.29, 0.717) is 6.04 Å². The molecule has 1 aromatic rings. The highest BCUT2D eigenvalue weighted by Crippen LogP contribution is 2.20. The van der Waals surface area contributed by atoms with Gasteiger partial charge in [-0.2, -0.15) is 11.8 Å². The molecule has 0 radical (unpaired) electrons. The highest BCUT2D eigenvalue weighted by Gasteiger charge is 2.24. The quantitative estimate of drug-likeness (QED) is 0.380. The summed E-state index contributed by atoms with van der Waals surface area (Å²) in [6.45, 7) is 7.16. The van der Waals surface area contributed by atoms with Crippen LogP contribution < -0.4 is 10.6 Å². The van der Waals surface area contributed by atoms with Crippen molar-refractivity contribution in [3.8, 4) is 0 Å². The van der Waals surface area contributed by atoms with Crippen molar-refractivity contribution < 1.29 is 0 Å². The Kier molecular flexibility index (Phi) is 9.82. The van der Waals surface area contributed by atoms with Crippen molar-refractivity contribution in [3.05, 3.63) is 35.9 Å². The number of thioether (sulfide) groups is 1. The summed E-state index contributed by atoms with van der Waals surface area (Å²) in [6, 6.07) is 11.3. The third-order valence-electron chi connectivity index (χ3n) is 4.60. The van der Waals surface area contributed by atoms with Crippen LogP contribution >= 0.6 is 11.8 Å². The molecule has 0 bridgehead atoms. The van der Waals surface area contributed by atoms with Gasteiger partial charge in [0.25, 0.3) is 0 Å². The molecule has 1 aromatic carbocycles. The van der Waals surface area contributed by atoms with Crippen LogP contribution in [0.1, 0.15) is 38.2 Å². The number of benzene rings is 1. The molecule has 1 atom stereocenters. The largest absolute Gasteiger partial charge is 0.357 e. The minimum atomic E-state index is 0.562.